The van der Waals surface area contributed by atoms with Crippen LogP contribution in [-0.2, 0) is 16.1 Å². The van der Waals surface area contributed by atoms with Crippen molar-refractivity contribution in [1.29, 1.82) is 0 Å². The number of nitrogens with one attached hydrogen (secondary N) is 1. The largest absolute Gasteiger partial charge is 0.495 e. The van der Waals surface area contributed by atoms with Crippen molar-refractivity contribution < 1.29 is 24.2 Å². The van der Waals surface area contributed by atoms with Gasteiger partial charge in [0.1, 0.15) is 5.75 Å². The van der Waals surface area contributed by atoms with Crippen molar-refractivity contribution >= 4 is 29.2 Å². The van der Waals surface area contributed by atoms with E-state index in [-0.39, 0.29) is 6.61 Å². The first-order chi connectivity index (χ1) is 12.3. The quantitative estimate of drug-likeness (QED) is 0.754. The molecule has 0 saturated carbocycles. The molecule has 6 nitrogen and oxygen atoms in total. The smallest absolute Gasteiger partial charge is 0.338 e. The third-order valence-corrected chi connectivity index (χ3v) is 4.17. The van der Waals surface area contributed by atoms with Gasteiger partial charge in [-0.2, -0.15) is 0 Å². The van der Waals surface area contributed by atoms with E-state index in [2.05, 4.69) is 5.32 Å². The predicted molar refractivity (Wildman–Crippen MR) is 98.6 cm³/mol. The van der Waals surface area contributed by atoms with Crippen LogP contribution < -0.4 is 10.1 Å². The fraction of sp³-hybridized carbons (Fsp3) is 0.263. The number of esters is 1. The van der Waals surface area contributed by atoms with Crippen LogP contribution >= 0.6 is 11.6 Å². The summed E-state index contributed by atoms with van der Waals surface area (Å²) in [5.41, 5.74) is 2.19. The number of hydrogen-bond acceptors (Lipinski definition) is 5. The first-order valence-corrected chi connectivity index (χ1v) is 8.29. The van der Waals surface area contributed by atoms with Crippen LogP contribution in [0.1, 0.15) is 28.4 Å². The second-order valence-electron chi connectivity index (χ2n) is 5.69. The molecule has 0 radical (unpaired) electrons. The Balaban J connectivity index is 2.05. The van der Waals surface area contributed by atoms with Crippen molar-refractivity contribution in [2.75, 3.05) is 12.4 Å². The summed E-state index contributed by atoms with van der Waals surface area (Å²) in [5, 5.41) is 12.2. The molecule has 0 aliphatic carbocycles. The number of hydrogen-bond donors (Lipinski definition) is 2. The van der Waals surface area contributed by atoms with Crippen LogP contribution in [0.5, 0.6) is 5.75 Å². The minimum absolute atomic E-state index is 0.115. The Bertz CT molecular complexity index is 804. The summed E-state index contributed by atoms with van der Waals surface area (Å²) in [7, 11) is 1.47. The number of aryl methyl sites for hydroxylation is 1. The van der Waals surface area contributed by atoms with Gasteiger partial charge in [0.2, 0.25) is 0 Å². The average molecular weight is 378 g/mol. The van der Waals surface area contributed by atoms with Crippen LogP contribution in [0, 0.1) is 6.92 Å². The van der Waals surface area contributed by atoms with Crippen molar-refractivity contribution in [1.82, 2.24) is 0 Å². The van der Waals surface area contributed by atoms with Gasteiger partial charge in [-0.05, 0) is 43.2 Å². The molecule has 26 heavy (non-hydrogen) atoms. The molecule has 138 valence electrons. The molecule has 7 heteroatoms. The van der Waals surface area contributed by atoms with Crippen LogP contribution in [0.4, 0.5) is 5.69 Å². The molecule has 1 amide bonds. The molecule has 0 unspecified atom stereocenters. The van der Waals surface area contributed by atoms with Crippen molar-refractivity contribution in [3.05, 3.63) is 58.1 Å². The van der Waals surface area contributed by atoms with Gasteiger partial charge in [0.15, 0.2) is 6.10 Å². The van der Waals surface area contributed by atoms with Crippen LogP contribution in [-0.4, -0.2) is 30.2 Å². The Kier molecular flexibility index (Phi) is 6.60. The summed E-state index contributed by atoms with van der Waals surface area (Å²) in [4.78, 5) is 24.5. The molecule has 0 fully saturated rings. The number of methoxy groups -OCH3 is 1. The molecule has 2 N–H and O–H groups in total. The lowest BCUT2D eigenvalue weighted by Crippen LogP contribution is -2.30. The number of benzene rings is 2. The maximum absolute atomic E-state index is 12.3. The van der Waals surface area contributed by atoms with E-state index in [0.29, 0.717) is 27.6 Å². The highest BCUT2D eigenvalue weighted by Gasteiger charge is 2.20. The highest BCUT2D eigenvalue weighted by atomic mass is 35.5. The molecular weight excluding hydrogens is 358 g/mol. The summed E-state index contributed by atoms with van der Waals surface area (Å²) >= 11 is 6.04. The zero-order chi connectivity index (χ0) is 19.3. The van der Waals surface area contributed by atoms with Gasteiger partial charge in [-0.25, -0.2) is 4.79 Å². The SMILES string of the molecule is COc1cc(Cl)c(C)cc1NC(=O)[C@@H](C)OC(=O)c1ccc(CO)cc1. The van der Waals surface area contributed by atoms with Gasteiger partial charge < -0.3 is 19.9 Å². The third kappa shape index (κ3) is 4.74. The van der Waals surface area contributed by atoms with Gasteiger partial charge in [0, 0.05) is 11.1 Å². The van der Waals surface area contributed by atoms with Crippen LogP contribution in [0.2, 0.25) is 5.02 Å². The number of halogens is 1. The lowest BCUT2D eigenvalue weighted by molar-refractivity contribution is -0.123. The Morgan fingerprint density at radius 2 is 1.88 bits per heavy atom. The van der Waals surface area contributed by atoms with Gasteiger partial charge in [0.05, 0.1) is 25.0 Å². The highest BCUT2D eigenvalue weighted by molar-refractivity contribution is 6.31. The Morgan fingerprint density at radius 3 is 2.46 bits per heavy atom. The fourth-order valence-electron chi connectivity index (χ4n) is 2.19. The number of anilines is 1. The van der Waals surface area contributed by atoms with E-state index < -0.39 is 18.0 Å². The molecule has 0 aliphatic rings. The number of carbonyl (C=O) groups excluding carboxylic acids is 2. The number of aliphatic hydroxyl groups excluding tert-OH is 1. The van der Waals surface area contributed by atoms with Crippen molar-refractivity contribution in [2.24, 2.45) is 0 Å². The van der Waals surface area contributed by atoms with E-state index >= 15 is 0 Å². The Labute approximate surface area is 156 Å². The van der Waals surface area contributed by atoms with E-state index in [1.54, 1.807) is 31.2 Å². The molecule has 0 bridgehead atoms. The minimum atomic E-state index is -1.01. The third-order valence-electron chi connectivity index (χ3n) is 3.76. The zero-order valence-electron chi connectivity index (χ0n) is 14.7. The average Bonchev–Trinajstić information content (AvgIpc) is 2.64. The molecule has 2 aromatic carbocycles. The summed E-state index contributed by atoms with van der Waals surface area (Å²) in [6, 6.07) is 9.58. The van der Waals surface area contributed by atoms with Crippen LogP contribution in [0.3, 0.4) is 0 Å². The molecule has 0 saturated heterocycles. The van der Waals surface area contributed by atoms with E-state index in [1.807, 2.05) is 0 Å². The van der Waals surface area contributed by atoms with Gasteiger partial charge in [-0.1, -0.05) is 23.7 Å². The fourth-order valence-corrected chi connectivity index (χ4v) is 2.35. The van der Waals surface area contributed by atoms with Gasteiger partial charge in [-0.15, -0.1) is 0 Å². The lowest BCUT2D eigenvalue weighted by Gasteiger charge is -2.16. The molecule has 2 aromatic rings. The monoisotopic (exact) mass is 377 g/mol. The summed E-state index contributed by atoms with van der Waals surface area (Å²) in [5.74, 6) is -0.714. The Hall–Kier alpha value is -2.57. The van der Waals surface area contributed by atoms with Crippen LogP contribution in [0.25, 0.3) is 0 Å². The maximum Gasteiger partial charge on any atom is 0.338 e. The summed E-state index contributed by atoms with van der Waals surface area (Å²) in [6.45, 7) is 3.16. The number of ether oxygens (including phenoxy) is 2. The molecular formula is C19H20ClNO5. The maximum atomic E-state index is 12.3. The second-order valence-corrected chi connectivity index (χ2v) is 6.10. The van der Waals surface area contributed by atoms with E-state index in [1.165, 1.54) is 26.2 Å². The normalized spacial score (nSPS) is 11.6. The first kappa shape index (κ1) is 19.8. The number of amides is 1. The topological polar surface area (TPSA) is 84.9 Å². The van der Waals surface area contributed by atoms with Crippen molar-refractivity contribution in [3.8, 4) is 5.75 Å². The molecule has 0 heterocycles. The molecule has 2 rings (SSSR count). The molecule has 1 atom stereocenters. The standard InChI is InChI=1S/C19H20ClNO5/c1-11-8-16(17(25-3)9-15(11)20)21-18(23)12(2)26-19(24)14-6-4-13(10-22)5-7-14/h4-9,12,22H,10H2,1-3H3,(H,21,23)/t12-/m1/s1. The van der Waals surface area contributed by atoms with E-state index in [0.717, 1.165) is 5.56 Å². The zero-order valence-corrected chi connectivity index (χ0v) is 15.5. The van der Waals surface area contributed by atoms with Gasteiger partial charge in [0.25, 0.3) is 5.91 Å². The highest BCUT2D eigenvalue weighted by Crippen LogP contribution is 2.31. The molecule has 0 aromatic heterocycles. The predicted octanol–water partition coefficient (Wildman–Crippen LogP) is 3.33. The Morgan fingerprint density at radius 1 is 1.23 bits per heavy atom. The van der Waals surface area contributed by atoms with Crippen molar-refractivity contribution in [2.45, 2.75) is 26.6 Å². The number of rotatable bonds is 6. The molecule has 0 aliphatic heterocycles. The van der Waals surface area contributed by atoms with Gasteiger partial charge in [-0.3, -0.25) is 4.79 Å². The minimum Gasteiger partial charge on any atom is -0.495 e. The number of carbonyl (C=O) groups is 2. The molecule has 0 spiro atoms. The van der Waals surface area contributed by atoms with E-state index in [4.69, 9.17) is 26.2 Å². The summed E-state index contributed by atoms with van der Waals surface area (Å²) in [6.07, 6.45) is -1.01. The van der Waals surface area contributed by atoms with Gasteiger partial charge >= 0.3 is 5.97 Å². The lowest BCUT2D eigenvalue weighted by atomic mass is 10.1. The second kappa shape index (κ2) is 8.69. The van der Waals surface area contributed by atoms with E-state index in [9.17, 15) is 9.59 Å². The van der Waals surface area contributed by atoms with Crippen molar-refractivity contribution in [3.63, 3.8) is 0 Å². The summed E-state index contributed by atoms with van der Waals surface area (Å²) < 4.78 is 10.4. The number of aliphatic hydroxyl groups is 1. The first-order valence-electron chi connectivity index (χ1n) is 7.91. The van der Waals surface area contributed by atoms with Crippen LogP contribution in [0.15, 0.2) is 36.4 Å².